The number of nitrogens with zero attached hydrogens (tertiary/aromatic N) is 4. The number of benzene rings is 1. The van der Waals surface area contributed by atoms with Crippen molar-refractivity contribution in [3.05, 3.63) is 57.5 Å². The molecule has 0 saturated heterocycles. The van der Waals surface area contributed by atoms with Crippen LogP contribution in [0.15, 0.2) is 35.4 Å². The minimum Gasteiger partial charge on any atom is -0.485 e. The molecule has 0 spiro atoms. The molecule has 0 radical (unpaired) electrons. The lowest BCUT2D eigenvalue weighted by molar-refractivity contribution is 0.292. The average molecular weight is 332 g/mol. The minimum atomic E-state index is -0.289. The van der Waals surface area contributed by atoms with Gasteiger partial charge in [-0.25, -0.2) is 19.9 Å². The molecule has 0 atom stereocenters. The Bertz CT molecular complexity index is 889. The molecule has 2 aromatic heterocycles. The van der Waals surface area contributed by atoms with Crippen LogP contribution in [0.5, 0.6) is 5.75 Å². The molecule has 0 unspecified atom stereocenters. The molecule has 7 nitrogen and oxygen atoms in total. The smallest absolute Gasteiger partial charge is 0.343 e. The molecule has 0 fully saturated rings. The van der Waals surface area contributed by atoms with Gasteiger partial charge in [-0.3, -0.25) is 4.57 Å². The van der Waals surface area contributed by atoms with E-state index in [2.05, 4.69) is 20.2 Å². The summed E-state index contributed by atoms with van der Waals surface area (Å²) in [5.74, 6) is 1.58. The summed E-state index contributed by atoms with van der Waals surface area (Å²) in [6.45, 7) is 2.02. The number of aromatic amines is 1. The fourth-order valence-corrected chi connectivity index (χ4v) is 2.20. The second kappa shape index (κ2) is 6.21. The number of rotatable bonds is 4. The van der Waals surface area contributed by atoms with E-state index in [4.69, 9.17) is 16.3 Å². The second-order valence-corrected chi connectivity index (χ2v) is 5.37. The molecule has 0 amide bonds. The first-order valence-electron chi connectivity index (χ1n) is 6.87. The predicted molar refractivity (Wildman–Crippen MR) is 85.4 cm³/mol. The van der Waals surface area contributed by atoms with Crippen molar-refractivity contribution in [3.8, 4) is 17.1 Å². The zero-order valence-corrected chi connectivity index (χ0v) is 13.3. The number of aromatic nitrogens is 5. The number of hydrogen-bond donors (Lipinski definition) is 1. The summed E-state index contributed by atoms with van der Waals surface area (Å²) in [6, 6.07) is 5.32. The molecule has 3 aromatic rings. The lowest BCUT2D eigenvalue weighted by Crippen LogP contribution is -2.15. The molecule has 0 aliphatic carbocycles. The van der Waals surface area contributed by atoms with Gasteiger partial charge in [-0.05, 0) is 30.7 Å². The highest BCUT2D eigenvalue weighted by atomic mass is 35.5. The maximum absolute atomic E-state index is 11.4. The highest BCUT2D eigenvalue weighted by Gasteiger charge is 2.13. The van der Waals surface area contributed by atoms with Gasteiger partial charge in [-0.1, -0.05) is 11.6 Å². The summed E-state index contributed by atoms with van der Waals surface area (Å²) in [4.78, 5) is 19.9. The van der Waals surface area contributed by atoms with Gasteiger partial charge in [-0.2, -0.15) is 5.10 Å². The van der Waals surface area contributed by atoms with E-state index in [0.29, 0.717) is 28.0 Å². The third-order valence-electron chi connectivity index (χ3n) is 3.40. The summed E-state index contributed by atoms with van der Waals surface area (Å²) in [5, 5.41) is 6.89. The van der Waals surface area contributed by atoms with Gasteiger partial charge < -0.3 is 4.74 Å². The quantitative estimate of drug-likeness (QED) is 0.791. The number of nitrogens with one attached hydrogen (secondary N) is 1. The van der Waals surface area contributed by atoms with E-state index in [1.807, 2.05) is 13.0 Å². The highest BCUT2D eigenvalue weighted by Crippen LogP contribution is 2.33. The number of H-pyrrole nitrogens is 1. The monoisotopic (exact) mass is 331 g/mol. The molecule has 2 heterocycles. The first-order valence-corrected chi connectivity index (χ1v) is 7.24. The van der Waals surface area contributed by atoms with Gasteiger partial charge in [0, 0.05) is 24.5 Å². The van der Waals surface area contributed by atoms with E-state index in [-0.39, 0.29) is 12.3 Å². The summed E-state index contributed by atoms with van der Waals surface area (Å²) in [5.41, 5.74) is 1.27. The van der Waals surface area contributed by atoms with Gasteiger partial charge in [-0.15, -0.1) is 0 Å². The molecule has 23 heavy (non-hydrogen) atoms. The van der Waals surface area contributed by atoms with Crippen LogP contribution < -0.4 is 10.4 Å². The summed E-state index contributed by atoms with van der Waals surface area (Å²) >= 11 is 6.21. The van der Waals surface area contributed by atoms with Crippen LogP contribution in [0, 0.1) is 6.92 Å². The summed E-state index contributed by atoms with van der Waals surface area (Å²) < 4.78 is 7.22. The minimum absolute atomic E-state index is 0.135. The molecular weight excluding hydrogens is 318 g/mol. The molecule has 0 aliphatic heterocycles. The Hall–Kier alpha value is -2.67. The molecule has 1 N–H and O–H groups in total. The highest BCUT2D eigenvalue weighted by molar-refractivity contribution is 6.31. The number of ether oxygens (including phenoxy) is 1. The first kappa shape index (κ1) is 15.2. The molecule has 3 rings (SSSR count). The Labute approximate surface area is 136 Å². The first-order chi connectivity index (χ1) is 11.1. The molecule has 1 aromatic carbocycles. The van der Waals surface area contributed by atoms with Crippen LogP contribution in [0.2, 0.25) is 5.02 Å². The molecular formula is C15H14ClN5O2. The zero-order valence-electron chi connectivity index (χ0n) is 12.6. The van der Waals surface area contributed by atoms with Crippen LogP contribution in [0.25, 0.3) is 11.4 Å². The average Bonchev–Trinajstić information content (AvgIpc) is 2.88. The Kier molecular flexibility index (Phi) is 4.12. The second-order valence-electron chi connectivity index (χ2n) is 4.96. The lowest BCUT2D eigenvalue weighted by atomic mass is 10.1. The van der Waals surface area contributed by atoms with Gasteiger partial charge >= 0.3 is 5.69 Å². The van der Waals surface area contributed by atoms with Gasteiger partial charge in [0.15, 0.2) is 11.6 Å². The van der Waals surface area contributed by atoms with Gasteiger partial charge in [0.2, 0.25) is 0 Å². The van der Waals surface area contributed by atoms with Crippen LogP contribution in [-0.4, -0.2) is 24.7 Å². The van der Waals surface area contributed by atoms with Crippen LogP contribution in [0.4, 0.5) is 0 Å². The van der Waals surface area contributed by atoms with Crippen molar-refractivity contribution in [3.63, 3.8) is 0 Å². The number of aryl methyl sites for hydroxylation is 1. The maximum Gasteiger partial charge on any atom is 0.343 e. The van der Waals surface area contributed by atoms with Crippen molar-refractivity contribution in [2.24, 2.45) is 7.05 Å². The fourth-order valence-electron chi connectivity index (χ4n) is 2.04. The topological polar surface area (TPSA) is 85.7 Å². The third kappa shape index (κ3) is 3.09. The molecule has 0 aliphatic rings. The van der Waals surface area contributed by atoms with Crippen LogP contribution in [-0.2, 0) is 13.7 Å². The Morgan fingerprint density at radius 2 is 2.04 bits per heavy atom. The zero-order chi connectivity index (χ0) is 16.4. The van der Waals surface area contributed by atoms with E-state index < -0.39 is 0 Å². The van der Waals surface area contributed by atoms with E-state index in [0.717, 1.165) is 5.56 Å². The van der Waals surface area contributed by atoms with Crippen molar-refractivity contribution in [1.29, 1.82) is 0 Å². The Balaban J connectivity index is 1.96. The van der Waals surface area contributed by atoms with E-state index in [1.54, 1.807) is 31.6 Å². The van der Waals surface area contributed by atoms with Crippen molar-refractivity contribution < 1.29 is 4.74 Å². The Morgan fingerprint density at radius 1 is 1.30 bits per heavy atom. The molecule has 8 heteroatoms. The van der Waals surface area contributed by atoms with Gasteiger partial charge in [0.1, 0.15) is 12.4 Å². The SMILES string of the molecule is Cc1cc(OCc2n[nH]c(=O)n2C)c(-c2ncccn2)cc1Cl. The van der Waals surface area contributed by atoms with E-state index >= 15 is 0 Å². The van der Waals surface area contributed by atoms with Crippen molar-refractivity contribution in [2.75, 3.05) is 0 Å². The van der Waals surface area contributed by atoms with Crippen molar-refractivity contribution in [2.45, 2.75) is 13.5 Å². The summed E-state index contributed by atoms with van der Waals surface area (Å²) in [7, 11) is 1.62. The number of hydrogen-bond acceptors (Lipinski definition) is 5. The molecule has 0 saturated carbocycles. The summed E-state index contributed by atoms with van der Waals surface area (Å²) in [6.07, 6.45) is 3.30. The van der Waals surface area contributed by atoms with Crippen molar-refractivity contribution in [1.82, 2.24) is 24.7 Å². The molecule has 0 bridgehead atoms. The van der Waals surface area contributed by atoms with Crippen LogP contribution >= 0.6 is 11.6 Å². The molecule has 118 valence electrons. The maximum atomic E-state index is 11.4. The predicted octanol–water partition coefficient (Wildman–Crippen LogP) is 2.11. The van der Waals surface area contributed by atoms with Crippen LogP contribution in [0.3, 0.4) is 0 Å². The fraction of sp³-hybridized carbons (Fsp3) is 0.200. The van der Waals surface area contributed by atoms with E-state index in [9.17, 15) is 4.79 Å². The van der Waals surface area contributed by atoms with Gasteiger partial charge in [0.25, 0.3) is 0 Å². The standard InChI is InChI=1S/C15H14ClN5O2/c1-9-6-12(23-8-13-19-20-15(22)21(13)2)10(7-11(9)16)14-17-4-3-5-18-14/h3-7H,8H2,1-2H3,(H,20,22). The van der Waals surface area contributed by atoms with E-state index in [1.165, 1.54) is 4.57 Å². The number of halogens is 1. The van der Waals surface area contributed by atoms with Gasteiger partial charge in [0.05, 0.1) is 5.56 Å². The lowest BCUT2D eigenvalue weighted by Gasteiger charge is -2.12. The van der Waals surface area contributed by atoms with Crippen LogP contribution in [0.1, 0.15) is 11.4 Å². The largest absolute Gasteiger partial charge is 0.485 e. The van der Waals surface area contributed by atoms with Crippen molar-refractivity contribution >= 4 is 11.6 Å². The normalized spacial score (nSPS) is 10.7. The third-order valence-corrected chi connectivity index (χ3v) is 3.80. The Morgan fingerprint density at radius 3 is 2.70 bits per heavy atom.